The Morgan fingerprint density at radius 2 is 1.87 bits per heavy atom. The average molecular weight is 428 g/mol. The third kappa shape index (κ3) is 7.33. The zero-order valence-corrected chi connectivity index (χ0v) is 18.8. The molecule has 1 atom stereocenters. The molecule has 1 heterocycles. The summed E-state index contributed by atoms with van der Waals surface area (Å²) in [6.07, 6.45) is 2.25. The Bertz CT molecular complexity index is 848. The summed E-state index contributed by atoms with van der Waals surface area (Å²) < 4.78 is 25.3. The van der Waals surface area contributed by atoms with Crippen molar-refractivity contribution in [2.24, 2.45) is 4.99 Å². The van der Waals surface area contributed by atoms with Crippen molar-refractivity contribution >= 4 is 5.96 Å². The van der Waals surface area contributed by atoms with E-state index in [0.717, 1.165) is 43.7 Å². The average Bonchev–Trinajstić information content (AvgIpc) is 2.79. The molecule has 0 bridgehead atoms. The van der Waals surface area contributed by atoms with Gasteiger partial charge in [-0.25, -0.2) is 9.38 Å². The number of aliphatic imine (C=N–C) groups is 1. The summed E-state index contributed by atoms with van der Waals surface area (Å²) in [5.41, 5.74) is 3.83. The van der Waals surface area contributed by atoms with Crippen LogP contribution in [-0.4, -0.2) is 31.8 Å². The summed E-state index contributed by atoms with van der Waals surface area (Å²) in [6, 6.07) is 13.7. The van der Waals surface area contributed by atoms with E-state index in [4.69, 9.17) is 14.5 Å². The predicted octanol–water partition coefficient (Wildman–Crippen LogP) is 4.65. The van der Waals surface area contributed by atoms with Gasteiger partial charge in [0.05, 0.1) is 25.3 Å². The maximum Gasteiger partial charge on any atom is 0.192 e. The fourth-order valence-corrected chi connectivity index (χ4v) is 3.45. The van der Waals surface area contributed by atoms with Crippen LogP contribution in [-0.2, 0) is 22.6 Å². The Labute approximate surface area is 185 Å². The van der Waals surface area contributed by atoms with Gasteiger partial charge in [-0.3, -0.25) is 0 Å². The molecule has 6 heteroatoms. The lowest BCUT2D eigenvalue weighted by Crippen LogP contribution is -2.38. The van der Waals surface area contributed by atoms with Crippen LogP contribution >= 0.6 is 0 Å². The Balaban J connectivity index is 1.54. The van der Waals surface area contributed by atoms with E-state index in [-0.39, 0.29) is 11.9 Å². The van der Waals surface area contributed by atoms with Crippen LogP contribution in [0.3, 0.4) is 0 Å². The van der Waals surface area contributed by atoms with Crippen molar-refractivity contribution in [1.82, 2.24) is 10.6 Å². The van der Waals surface area contributed by atoms with E-state index in [1.807, 2.05) is 19.9 Å². The van der Waals surface area contributed by atoms with Crippen LogP contribution in [0.1, 0.15) is 55.0 Å². The molecule has 0 aliphatic carbocycles. The molecule has 0 aromatic heterocycles. The fraction of sp³-hybridized carbons (Fsp3) is 0.480. The monoisotopic (exact) mass is 427 g/mol. The van der Waals surface area contributed by atoms with Crippen molar-refractivity contribution in [2.45, 2.75) is 58.9 Å². The van der Waals surface area contributed by atoms with Crippen LogP contribution in [0.2, 0.25) is 0 Å². The minimum Gasteiger partial charge on any atom is -0.381 e. The van der Waals surface area contributed by atoms with Gasteiger partial charge in [-0.15, -0.1) is 0 Å². The Kier molecular flexibility index (Phi) is 8.85. The van der Waals surface area contributed by atoms with E-state index in [1.165, 1.54) is 5.56 Å². The molecule has 3 rings (SSSR count). The van der Waals surface area contributed by atoms with E-state index in [2.05, 4.69) is 34.9 Å². The van der Waals surface area contributed by atoms with Gasteiger partial charge in [-0.05, 0) is 61.9 Å². The van der Waals surface area contributed by atoms with Crippen LogP contribution in [0.15, 0.2) is 47.5 Å². The molecule has 1 aliphatic heterocycles. The SMILES string of the molecule is CCNC(=NCc1ccc(COC2CCOCC2)cc1)NC(C)c1ccc(C)c(F)c1. The van der Waals surface area contributed by atoms with Gasteiger partial charge in [-0.1, -0.05) is 36.4 Å². The highest BCUT2D eigenvalue weighted by atomic mass is 19.1. The summed E-state index contributed by atoms with van der Waals surface area (Å²) in [5, 5.41) is 6.62. The second-order valence-electron chi connectivity index (χ2n) is 8.01. The number of hydrogen-bond acceptors (Lipinski definition) is 3. The molecule has 0 amide bonds. The number of nitrogens with zero attached hydrogens (tertiary/aromatic N) is 1. The van der Waals surface area contributed by atoms with Crippen molar-refractivity contribution in [1.29, 1.82) is 0 Å². The molecule has 5 nitrogen and oxygen atoms in total. The second-order valence-corrected chi connectivity index (χ2v) is 8.01. The summed E-state index contributed by atoms with van der Waals surface area (Å²) in [6.45, 7) is 9.33. The quantitative estimate of drug-likeness (QED) is 0.476. The van der Waals surface area contributed by atoms with Gasteiger partial charge in [0, 0.05) is 19.8 Å². The van der Waals surface area contributed by atoms with E-state index < -0.39 is 0 Å². The lowest BCUT2D eigenvalue weighted by molar-refractivity contribution is -0.0390. The Morgan fingerprint density at radius 1 is 1.16 bits per heavy atom. The van der Waals surface area contributed by atoms with Crippen LogP contribution in [0, 0.1) is 12.7 Å². The molecule has 1 unspecified atom stereocenters. The van der Waals surface area contributed by atoms with Crippen LogP contribution in [0.25, 0.3) is 0 Å². The maximum atomic E-state index is 13.9. The molecule has 31 heavy (non-hydrogen) atoms. The van der Waals surface area contributed by atoms with Gasteiger partial charge in [0.15, 0.2) is 5.96 Å². The minimum atomic E-state index is -0.186. The number of nitrogens with one attached hydrogen (secondary N) is 2. The summed E-state index contributed by atoms with van der Waals surface area (Å²) in [7, 11) is 0. The number of halogens is 1. The molecule has 0 saturated carbocycles. The first-order chi connectivity index (χ1) is 15.0. The minimum absolute atomic E-state index is 0.0578. The van der Waals surface area contributed by atoms with Crippen molar-refractivity contribution in [2.75, 3.05) is 19.8 Å². The fourth-order valence-electron chi connectivity index (χ4n) is 3.45. The standard InChI is InChI=1S/C25H34FN3O2/c1-4-27-25(29-19(3)22-10-5-18(2)24(26)15-22)28-16-20-6-8-21(9-7-20)17-31-23-11-13-30-14-12-23/h5-10,15,19,23H,4,11-14,16-17H2,1-3H3,(H2,27,28,29). The highest BCUT2D eigenvalue weighted by molar-refractivity contribution is 5.80. The number of aryl methyl sites for hydroxylation is 1. The van der Waals surface area contributed by atoms with Gasteiger partial charge >= 0.3 is 0 Å². The molecular formula is C25H34FN3O2. The maximum absolute atomic E-state index is 13.9. The third-order valence-corrected chi connectivity index (χ3v) is 5.49. The van der Waals surface area contributed by atoms with Gasteiger partial charge in [0.1, 0.15) is 5.82 Å². The summed E-state index contributed by atoms with van der Waals surface area (Å²) in [4.78, 5) is 4.69. The molecule has 0 radical (unpaired) electrons. The van der Waals surface area contributed by atoms with Gasteiger partial charge in [0.2, 0.25) is 0 Å². The zero-order chi connectivity index (χ0) is 22.1. The smallest absolute Gasteiger partial charge is 0.192 e. The number of rotatable bonds is 8. The number of benzene rings is 2. The molecule has 168 valence electrons. The summed E-state index contributed by atoms with van der Waals surface area (Å²) >= 11 is 0. The third-order valence-electron chi connectivity index (χ3n) is 5.49. The van der Waals surface area contributed by atoms with Gasteiger partial charge in [-0.2, -0.15) is 0 Å². The van der Waals surface area contributed by atoms with Crippen molar-refractivity contribution < 1.29 is 13.9 Å². The Morgan fingerprint density at radius 3 is 2.55 bits per heavy atom. The zero-order valence-electron chi connectivity index (χ0n) is 18.8. The van der Waals surface area contributed by atoms with Crippen LogP contribution < -0.4 is 10.6 Å². The number of ether oxygens (including phenoxy) is 2. The Hall–Kier alpha value is -2.44. The van der Waals surface area contributed by atoms with Crippen molar-refractivity contribution in [3.8, 4) is 0 Å². The number of guanidine groups is 1. The van der Waals surface area contributed by atoms with Crippen LogP contribution in [0.4, 0.5) is 4.39 Å². The molecule has 2 aromatic carbocycles. The van der Waals surface area contributed by atoms with E-state index in [1.54, 1.807) is 19.1 Å². The van der Waals surface area contributed by atoms with Gasteiger partial charge in [0.25, 0.3) is 0 Å². The molecule has 2 aromatic rings. The largest absolute Gasteiger partial charge is 0.381 e. The molecule has 0 spiro atoms. The van der Waals surface area contributed by atoms with E-state index >= 15 is 0 Å². The van der Waals surface area contributed by atoms with E-state index in [0.29, 0.717) is 30.8 Å². The molecule has 2 N–H and O–H groups in total. The highest BCUT2D eigenvalue weighted by Gasteiger charge is 2.14. The first kappa shape index (κ1) is 23.2. The molecule has 1 fully saturated rings. The lowest BCUT2D eigenvalue weighted by atomic mass is 10.1. The second kappa shape index (κ2) is 11.8. The topological polar surface area (TPSA) is 54.9 Å². The van der Waals surface area contributed by atoms with Gasteiger partial charge < -0.3 is 20.1 Å². The normalized spacial score (nSPS) is 16.2. The molecule has 1 saturated heterocycles. The van der Waals surface area contributed by atoms with Crippen LogP contribution in [0.5, 0.6) is 0 Å². The van der Waals surface area contributed by atoms with Crippen molar-refractivity contribution in [3.63, 3.8) is 0 Å². The molecular weight excluding hydrogens is 393 g/mol. The predicted molar refractivity (Wildman–Crippen MR) is 123 cm³/mol. The highest BCUT2D eigenvalue weighted by Crippen LogP contribution is 2.17. The number of hydrogen-bond donors (Lipinski definition) is 2. The lowest BCUT2D eigenvalue weighted by Gasteiger charge is -2.22. The van der Waals surface area contributed by atoms with Crippen molar-refractivity contribution in [3.05, 3.63) is 70.5 Å². The summed E-state index contributed by atoms with van der Waals surface area (Å²) in [5.74, 6) is 0.525. The van der Waals surface area contributed by atoms with E-state index in [9.17, 15) is 4.39 Å². The first-order valence-electron chi connectivity index (χ1n) is 11.1. The molecule has 1 aliphatic rings. The first-order valence-corrected chi connectivity index (χ1v) is 11.1.